The molecule has 0 radical (unpaired) electrons. The lowest BCUT2D eigenvalue weighted by Crippen LogP contribution is -2.45. The largest absolute Gasteiger partial charge is 0.383 e. The highest BCUT2D eigenvalue weighted by Crippen LogP contribution is 2.24. The number of piperidine rings is 1. The number of likely N-dealkylation sites (tertiary alicyclic amines) is 1. The van der Waals surface area contributed by atoms with Crippen LogP contribution in [0.2, 0.25) is 0 Å². The zero-order valence-corrected chi connectivity index (χ0v) is 13.2. The molecular weight excluding hydrogens is 256 g/mol. The van der Waals surface area contributed by atoms with E-state index in [0.29, 0.717) is 0 Å². The summed E-state index contributed by atoms with van der Waals surface area (Å²) in [4.78, 5) is 2.65. The van der Waals surface area contributed by atoms with Gasteiger partial charge in [-0.3, -0.25) is 4.90 Å². The van der Waals surface area contributed by atoms with Crippen molar-refractivity contribution in [3.63, 3.8) is 0 Å². The van der Waals surface area contributed by atoms with Crippen molar-refractivity contribution in [3.05, 3.63) is 42.5 Å². The lowest BCUT2D eigenvalue weighted by molar-refractivity contribution is 0.109. The van der Waals surface area contributed by atoms with Gasteiger partial charge in [-0.15, -0.1) is 0 Å². The molecule has 1 N–H and O–H groups in total. The molecule has 0 saturated carbocycles. The molecule has 0 amide bonds. The smallest absolute Gasteiger partial charge is 0.0420 e. The maximum atomic E-state index is 3.63. The van der Waals surface area contributed by atoms with Crippen LogP contribution in [-0.2, 0) is 0 Å². The van der Waals surface area contributed by atoms with Gasteiger partial charge >= 0.3 is 0 Å². The maximum absolute atomic E-state index is 3.63. The van der Waals surface area contributed by atoms with Crippen LogP contribution in [0.5, 0.6) is 0 Å². The number of hydrogen-bond donors (Lipinski definition) is 1. The predicted octanol–water partition coefficient (Wildman–Crippen LogP) is 4.51. The van der Waals surface area contributed by atoms with E-state index in [-0.39, 0.29) is 0 Å². The van der Waals surface area contributed by atoms with Gasteiger partial charge < -0.3 is 5.32 Å². The molecule has 0 spiro atoms. The highest BCUT2D eigenvalue weighted by Gasteiger charge is 2.23. The van der Waals surface area contributed by atoms with Crippen LogP contribution in [-0.4, -0.2) is 30.1 Å². The summed E-state index contributed by atoms with van der Waals surface area (Å²) in [6.45, 7) is 6.88. The summed E-state index contributed by atoms with van der Waals surface area (Å²) in [6.07, 6.45) is 4.08. The van der Waals surface area contributed by atoms with Crippen LogP contribution < -0.4 is 5.32 Å². The minimum Gasteiger partial charge on any atom is -0.383 e. The molecule has 3 rings (SSSR count). The third-order valence-corrected chi connectivity index (χ3v) is 4.85. The molecule has 1 aliphatic rings. The average molecular weight is 282 g/mol. The Morgan fingerprint density at radius 1 is 1.00 bits per heavy atom. The number of fused-ring (bicyclic) bond motifs is 1. The maximum Gasteiger partial charge on any atom is 0.0420 e. The van der Waals surface area contributed by atoms with E-state index in [1.165, 1.54) is 35.7 Å². The Balaban J connectivity index is 1.64. The number of nitrogens with zero attached hydrogens (tertiary/aromatic N) is 1. The Morgan fingerprint density at radius 2 is 1.71 bits per heavy atom. The van der Waals surface area contributed by atoms with Crippen molar-refractivity contribution in [3.8, 4) is 0 Å². The van der Waals surface area contributed by atoms with Gasteiger partial charge in [0.05, 0.1) is 0 Å². The second-order valence-corrected chi connectivity index (χ2v) is 6.32. The molecule has 0 aromatic heterocycles. The van der Waals surface area contributed by atoms with E-state index in [2.05, 4.69) is 66.5 Å². The Bertz CT molecular complexity index is 578. The first kappa shape index (κ1) is 14.4. The topological polar surface area (TPSA) is 15.3 Å². The van der Waals surface area contributed by atoms with E-state index >= 15 is 0 Å². The van der Waals surface area contributed by atoms with Crippen LogP contribution in [0.1, 0.15) is 33.1 Å². The minimum absolute atomic E-state index is 0.725. The fourth-order valence-electron chi connectivity index (χ4n) is 3.61. The molecule has 2 atom stereocenters. The quantitative estimate of drug-likeness (QED) is 0.887. The first-order valence-corrected chi connectivity index (χ1v) is 8.23. The van der Waals surface area contributed by atoms with Gasteiger partial charge in [-0.2, -0.15) is 0 Å². The Morgan fingerprint density at radius 3 is 2.52 bits per heavy atom. The number of nitrogens with one attached hydrogen (secondary N) is 1. The highest BCUT2D eigenvalue weighted by atomic mass is 15.2. The van der Waals surface area contributed by atoms with Crippen LogP contribution in [0.4, 0.5) is 5.69 Å². The molecule has 1 heterocycles. The molecule has 0 aliphatic carbocycles. The van der Waals surface area contributed by atoms with Crippen LogP contribution in [0, 0.1) is 0 Å². The molecule has 0 bridgehead atoms. The van der Waals surface area contributed by atoms with Crippen molar-refractivity contribution in [2.45, 2.75) is 45.2 Å². The van der Waals surface area contributed by atoms with Crippen molar-refractivity contribution in [1.82, 2.24) is 4.90 Å². The number of hydrogen-bond acceptors (Lipinski definition) is 2. The zero-order chi connectivity index (χ0) is 14.7. The Labute approximate surface area is 128 Å². The SMILES string of the molecule is C[C@@H]1CCC[C@H](C)N1CCNc1cccc2ccccc12. The van der Waals surface area contributed by atoms with Crippen molar-refractivity contribution in [2.75, 3.05) is 18.4 Å². The molecule has 2 nitrogen and oxygen atoms in total. The normalized spacial score (nSPS) is 23.3. The first-order chi connectivity index (χ1) is 10.3. The Hall–Kier alpha value is -1.54. The molecule has 112 valence electrons. The summed E-state index contributed by atoms with van der Waals surface area (Å²) in [6, 6.07) is 16.5. The predicted molar refractivity (Wildman–Crippen MR) is 91.9 cm³/mol. The second kappa shape index (κ2) is 6.48. The standard InChI is InChI=1S/C19H26N2/c1-15-7-5-8-16(2)21(15)14-13-20-19-12-6-10-17-9-3-4-11-18(17)19/h3-4,6,9-12,15-16,20H,5,7-8,13-14H2,1-2H3/t15-,16+. The summed E-state index contributed by atoms with van der Waals surface area (Å²) >= 11 is 0. The Kier molecular flexibility index (Phi) is 4.45. The summed E-state index contributed by atoms with van der Waals surface area (Å²) in [7, 11) is 0. The van der Waals surface area contributed by atoms with E-state index in [9.17, 15) is 0 Å². The van der Waals surface area contributed by atoms with Crippen LogP contribution >= 0.6 is 0 Å². The zero-order valence-electron chi connectivity index (χ0n) is 13.2. The third-order valence-electron chi connectivity index (χ3n) is 4.85. The van der Waals surface area contributed by atoms with Gasteiger partial charge in [-0.25, -0.2) is 0 Å². The summed E-state index contributed by atoms with van der Waals surface area (Å²) in [5.74, 6) is 0. The van der Waals surface area contributed by atoms with E-state index in [4.69, 9.17) is 0 Å². The van der Waals surface area contributed by atoms with Crippen LogP contribution in [0.15, 0.2) is 42.5 Å². The molecule has 21 heavy (non-hydrogen) atoms. The monoisotopic (exact) mass is 282 g/mol. The van der Waals surface area contributed by atoms with Crippen molar-refractivity contribution in [1.29, 1.82) is 0 Å². The molecule has 1 aliphatic heterocycles. The number of rotatable bonds is 4. The fraction of sp³-hybridized carbons (Fsp3) is 0.474. The van der Waals surface area contributed by atoms with Crippen molar-refractivity contribution < 1.29 is 0 Å². The molecule has 2 heteroatoms. The van der Waals surface area contributed by atoms with E-state index in [1.807, 2.05) is 0 Å². The van der Waals surface area contributed by atoms with E-state index in [1.54, 1.807) is 0 Å². The van der Waals surface area contributed by atoms with Crippen molar-refractivity contribution in [2.24, 2.45) is 0 Å². The first-order valence-electron chi connectivity index (χ1n) is 8.23. The third kappa shape index (κ3) is 3.21. The van der Waals surface area contributed by atoms with Crippen LogP contribution in [0.25, 0.3) is 10.8 Å². The molecule has 1 fully saturated rings. The number of benzene rings is 2. The molecule has 2 aromatic carbocycles. The lowest BCUT2D eigenvalue weighted by atomic mass is 9.98. The van der Waals surface area contributed by atoms with Gasteiger partial charge in [0.25, 0.3) is 0 Å². The van der Waals surface area contributed by atoms with Gasteiger partial charge in [-0.1, -0.05) is 42.8 Å². The molecule has 2 aromatic rings. The van der Waals surface area contributed by atoms with Gasteiger partial charge in [0.2, 0.25) is 0 Å². The average Bonchev–Trinajstić information content (AvgIpc) is 2.50. The molecule has 0 unspecified atom stereocenters. The van der Waals surface area contributed by atoms with Gasteiger partial charge in [-0.05, 0) is 38.1 Å². The number of anilines is 1. The van der Waals surface area contributed by atoms with Gasteiger partial charge in [0.15, 0.2) is 0 Å². The fourth-order valence-corrected chi connectivity index (χ4v) is 3.61. The van der Waals surface area contributed by atoms with Crippen molar-refractivity contribution >= 4 is 16.5 Å². The lowest BCUT2D eigenvalue weighted by Gasteiger charge is -2.39. The summed E-state index contributed by atoms with van der Waals surface area (Å²) in [5, 5.41) is 6.26. The van der Waals surface area contributed by atoms with E-state index < -0.39 is 0 Å². The molecular formula is C19H26N2. The second-order valence-electron chi connectivity index (χ2n) is 6.32. The highest BCUT2D eigenvalue weighted by molar-refractivity contribution is 5.93. The summed E-state index contributed by atoms with van der Waals surface area (Å²) in [5.41, 5.74) is 1.26. The molecule has 1 saturated heterocycles. The van der Waals surface area contributed by atoms with Crippen LogP contribution in [0.3, 0.4) is 0 Å². The van der Waals surface area contributed by atoms with Gasteiger partial charge in [0.1, 0.15) is 0 Å². The van der Waals surface area contributed by atoms with E-state index in [0.717, 1.165) is 25.2 Å². The van der Waals surface area contributed by atoms with Gasteiger partial charge in [0, 0.05) is 36.2 Å². The summed E-state index contributed by atoms with van der Waals surface area (Å²) < 4.78 is 0. The minimum atomic E-state index is 0.725.